The minimum absolute atomic E-state index is 0.0749. The highest BCUT2D eigenvalue weighted by atomic mass is 32.2. The molecule has 1 aromatic rings. The van der Waals surface area contributed by atoms with Gasteiger partial charge in [0.2, 0.25) is 15.9 Å². The average molecular weight is 481 g/mol. The number of aliphatic hydroxyl groups excluding tert-OH is 1. The maximum Gasteiger partial charge on any atom is 0.416 e. The molecule has 7 nitrogen and oxygen atoms in total. The summed E-state index contributed by atoms with van der Waals surface area (Å²) >= 11 is 0. The van der Waals surface area contributed by atoms with Crippen molar-refractivity contribution in [3.05, 3.63) is 29.8 Å². The van der Waals surface area contributed by atoms with Crippen molar-refractivity contribution in [1.82, 2.24) is 9.21 Å². The first-order chi connectivity index (χ1) is 15.0. The third-order valence-electron chi connectivity index (χ3n) is 5.79. The van der Waals surface area contributed by atoms with Gasteiger partial charge in [0.1, 0.15) is 0 Å². The number of sulfonamides is 1. The summed E-state index contributed by atoms with van der Waals surface area (Å²) in [4.78, 5) is 13.5. The Kier molecular flexibility index (Phi) is 9.50. The van der Waals surface area contributed by atoms with Crippen LogP contribution < -0.4 is 0 Å². The van der Waals surface area contributed by atoms with Crippen LogP contribution >= 0.6 is 0 Å². The highest BCUT2D eigenvalue weighted by Crippen LogP contribution is 2.32. The highest BCUT2D eigenvalue weighted by molar-refractivity contribution is 7.89. The number of carbonyl (C=O) groups is 1. The van der Waals surface area contributed by atoms with Crippen molar-refractivity contribution in [3.8, 4) is 0 Å². The predicted molar refractivity (Wildman–Crippen MR) is 112 cm³/mol. The molecule has 1 aromatic carbocycles. The van der Waals surface area contributed by atoms with Gasteiger partial charge in [-0.3, -0.25) is 4.79 Å². The molecule has 1 fully saturated rings. The lowest BCUT2D eigenvalue weighted by Gasteiger charge is -2.34. The number of carbonyl (C=O) groups excluding carboxylic acids is 1. The maximum absolute atomic E-state index is 12.8. The number of aliphatic hydroxyl groups is 1. The average Bonchev–Trinajstić information content (AvgIpc) is 2.76. The van der Waals surface area contributed by atoms with E-state index in [0.717, 1.165) is 24.3 Å². The molecule has 1 N–H and O–H groups in total. The van der Waals surface area contributed by atoms with Gasteiger partial charge in [-0.25, -0.2) is 8.42 Å². The first kappa shape index (κ1) is 26.6. The number of amides is 1. The second kappa shape index (κ2) is 11.4. The van der Waals surface area contributed by atoms with Crippen molar-refractivity contribution in [2.45, 2.75) is 62.2 Å². The fourth-order valence-corrected chi connectivity index (χ4v) is 5.22. The van der Waals surface area contributed by atoms with Crippen molar-refractivity contribution in [2.24, 2.45) is 0 Å². The second-order valence-electron chi connectivity index (χ2n) is 7.79. The number of hydrogen-bond acceptors (Lipinski definition) is 5. The van der Waals surface area contributed by atoms with E-state index in [0.29, 0.717) is 38.8 Å². The van der Waals surface area contributed by atoms with Crippen LogP contribution in [0.2, 0.25) is 0 Å². The topological polar surface area (TPSA) is 87.2 Å². The van der Waals surface area contributed by atoms with Crippen LogP contribution in [0.4, 0.5) is 13.2 Å². The van der Waals surface area contributed by atoms with Crippen LogP contribution in [-0.4, -0.2) is 74.1 Å². The summed E-state index contributed by atoms with van der Waals surface area (Å²) in [5, 5.41) is 8.97. The van der Waals surface area contributed by atoms with E-state index in [1.54, 1.807) is 4.90 Å². The summed E-state index contributed by atoms with van der Waals surface area (Å²) in [6.07, 6.45) is -2.02. The molecular formula is C21H31F3N2O5S. The fraction of sp³-hybridized carbons (Fsp3) is 0.667. The monoisotopic (exact) mass is 480 g/mol. The van der Waals surface area contributed by atoms with Crippen molar-refractivity contribution in [1.29, 1.82) is 0 Å². The number of rotatable bonds is 10. The van der Waals surface area contributed by atoms with Gasteiger partial charge in [-0.05, 0) is 56.9 Å². The van der Waals surface area contributed by atoms with Crippen LogP contribution in [0.5, 0.6) is 0 Å². The molecule has 0 radical (unpaired) electrons. The molecule has 0 atom stereocenters. The minimum Gasteiger partial charge on any atom is -0.395 e. The lowest BCUT2D eigenvalue weighted by atomic mass is 9.93. The van der Waals surface area contributed by atoms with Crippen molar-refractivity contribution >= 4 is 15.9 Å². The molecule has 0 spiro atoms. The van der Waals surface area contributed by atoms with E-state index in [-0.39, 0.29) is 42.6 Å². The van der Waals surface area contributed by atoms with Gasteiger partial charge >= 0.3 is 6.18 Å². The molecular weight excluding hydrogens is 449 g/mol. The van der Waals surface area contributed by atoms with E-state index >= 15 is 0 Å². The second-order valence-corrected chi connectivity index (χ2v) is 9.79. The Morgan fingerprint density at radius 2 is 1.75 bits per heavy atom. The summed E-state index contributed by atoms with van der Waals surface area (Å²) in [5.41, 5.74) is -0.895. The fourth-order valence-electron chi connectivity index (χ4n) is 3.80. The summed E-state index contributed by atoms with van der Waals surface area (Å²) in [6, 6.07) is 3.23. The van der Waals surface area contributed by atoms with Crippen LogP contribution in [0.3, 0.4) is 0 Å². The summed E-state index contributed by atoms with van der Waals surface area (Å²) in [5.74, 6) is -0.0856. The Balaban J connectivity index is 1.85. The third kappa shape index (κ3) is 6.90. The van der Waals surface area contributed by atoms with E-state index in [2.05, 4.69) is 0 Å². The van der Waals surface area contributed by atoms with Crippen molar-refractivity contribution in [2.75, 3.05) is 33.4 Å². The molecule has 1 saturated carbocycles. The van der Waals surface area contributed by atoms with Crippen molar-refractivity contribution in [3.63, 3.8) is 0 Å². The van der Waals surface area contributed by atoms with E-state index in [9.17, 15) is 26.4 Å². The molecule has 0 aliphatic heterocycles. The first-order valence-corrected chi connectivity index (χ1v) is 12.1. The van der Waals surface area contributed by atoms with Gasteiger partial charge in [0.25, 0.3) is 0 Å². The van der Waals surface area contributed by atoms with Crippen LogP contribution in [0.25, 0.3) is 0 Å². The van der Waals surface area contributed by atoms with Gasteiger partial charge in [0, 0.05) is 26.2 Å². The molecule has 1 amide bonds. The largest absolute Gasteiger partial charge is 0.416 e. The Bertz CT molecular complexity index is 838. The van der Waals surface area contributed by atoms with Crippen LogP contribution in [-0.2, 0) is 25.7 Å². The molecule has 32 heavy (non-hydrogen) atoms. The van der Waals surface area contributed by atoms with E-state index < -0.39 is 21.8 Å². The molecule has 0 aromatic heterocycles. The smallest absolute Gasteiger partial charge is 0.395 e. The maximum atomic E-state index is 12.8. The van der Waals surface area contributed by atoms with Gasteiger partial charge in [-0.15, -0.1) is 0 Å². The molecule has 0 saturated heterocycles. The lowest BCUT2D eigenvalue weighted by molar-refractivity contribution is -0.137. The van der Waals surface area contributed by atoms with Gasteiger partial charge < -0.3 is 14.7 Å². The highest BCUT2D eigenvalue weighted by Gasteiger charge is 2.34. The number of alkyl halides is 3. The lowest BCUT2D eigenvalue weighted by Crippen LogP contribution is -2.40. The number of ether oxygens (including phenoxy) is 1. The summed E-state index contributed by atoms with van der Waals surface area (Å²) in [6.45, 7) is 2.82. The molecule has 2 rings (SSSR count). The normalized spacial score (nSPS) is 19.8. The van der Waals surface area contributed by atoms with Gasteiger partial charge in [0.15, 0.2) is 0 Å². The zero-order chi connectivity index (χ0) is 23.9. The quantitative estimate of drug-likeness (QED) is 0.557. The van der Waals surface area contributed by atoms with Crippen LogP contribution in [0.15, 0.2) is 29.2 Å². The Hall–Kier alpha value is -1.69. The zero-order valence-electron chi connectivity index (χ0n) is 18.3. The van der Waals surface area contributed by atoms with Gasteiger partial charge in [-0.2, -0.15) is 17.5 Å². The van der Waals surface area contributed by atoms with Gasteiger partial charge in [0.05, 0.1) is 36.2 Å². The molecule has 1 aliphatic carbocycles. The minimum atomic E-state index is -4.52. The zero-order valence-corrected chi connectivity index (χ0v) is 19.2. The summed E-state index contributed by atoms with van der Waals surface area (Å²) < 4.78 is 70.8. The number of benzene rings is 1. The summed E-state index contributed by atoms with van der Waals surface area (Å²) in [7, 11) is -2.47. The molecule has 0 bridgehead atoms. The van der Waals surface area contributed by atoms with Crippen molar-refractivity contribution < 1.29 is 36.2 Å². The first-order valence-electron chi connectivity index (χ1n) is 10.7. The standard InChI is InChI=1S/C21H31F3N2O5S/c1-3-26(13-14-27)20(28)12-15-31-18-8-6-17(7-9-18)25(2)32(29,30)19-10-4-16(5-11-19)21(22,23)24/h4-5,10-11,17-18,27H,3,6-9,12-15H2,1-2H3. The Morgan fingerprint density at radius 3 is 2.25 bits per heavy atom. The predicted octanol–water partition coefficient (Wildman–Crippen LogP) is 2.88. The number of hydrogen-bond donors (Lipinski definition) is 1. The molecule has 0 heterocycles. The SMILES string of the molecule is CCN(CCO)C(=O)CCOC1CCC(N(C)S(=O)(=O)c2ccc(C(F)(F)F)cc2)CC1. The molecule has 1 aliphatic rings. The van der Waals surface area contributed by atoms with E-state index in [1.165, 1.54) is 11.4 Å². The van der Waals surface area contributed by atoms with E-state index in [1.807, 2.05) is 6.92 Å². The molecule has 182 valence electrons. The number of nitrogens with zero attached hydrogens (tertiary/aromatic N) is 2. The number of halogens is 3. The van der Waals surface area contributed by atoms with Gasteiger partial charge in [-0.1, -0.05) is 0 Å². The van der Waals surface area contributed by atoms with E-state index in [4.69, 9.17) is 9.84 Å². The van der Waals surface area contributed by atoms with Crippen LogP contribution in [0.1, 0.15) is 44.6 Å². The Labute approximate surface area is 187 Å². The third-order valence-corrected chi connectivity index (χ3v) is 7.71. The molecule has 11 heteroatoms. The Morgan fingerprint density at radius 1 is 1.16 bits per heavy atom. The van der Waals surface area contributed by atoms with Crippen LogP contribution in [0, 0.1) is 0 Å². The number of likely N-dealkylation sites (N-methyl/N-ethyl adjacent to an activating group) is 1. The molecule has 0 unspecified atom stereocenters.